The lowest BCUT2D eigenvalue weighted by atomic mass is 10.0. The number of hydrogen-bond donors (Lipinski definition) is 0. The third-order valence-corrected chi connectivity index (χ3v) is 4.97. The first-order valence-electron chi connectivity index (χ1n) is 8.06. The Morgan fingerprint density at radius 1 is 1.40 bits per heavy atom. The Bertz CT molecular complexity index is 819. The van der Waals surface area contributed by atoms with Crippen LogP contribution in [0.2, 0.25) is 0 Å². The molecule has 2 aromatic rings. The molecule has 2 aromatic heterocycles. The summed E-state index contributed by atoms with van der Waals surface area (Å²) < 4.78 is 2.43. The summed E-state index contributed by atoms with van der Waals surface area (Å²) in [7, 11) is 3.64. The number of nitrogens with zero attached hydrogens (tertiary/aromatic N) is 6. The number of aryl methyl sites for hydroxylation is 1. The number of aromatic nitrogens is 3. The predicted octanol–water partition coefficient (Wildman–Crippen LogP) is 2.19. The standard InChI is InChI=1S/C17H19BrN6O/c1-22-11-13(9-21-22)17(25)23(2)15-3-5-24(6-4-15)16-12(8-19)7-14(18)10-20-16/h7,9-11,15H,3-6H2,1-2H3. The molecule has 1 fully saturated rings. The molecule has 7 nitrogen and oxygen atoms in total. The molecule has 3 heterocycles. The van der Waals surface area contributed by atoms with E-state index in [0.717, 1.165) is 30.4 Å². The summed E-state index contributed by atoms with van der Waals surface area (Å²) in [6.45, 7) is 1.53. The monoisotopic (exact) mass is 402 g/mol. The number of pyridine rings is 1. The maximum atomic E-state index is 12.5. The average molecular weight is 403 g/mol. The Morgan fingerprint density at radius 2 is 2.12 bits per heavy atom. The van der Waals surface area contributed by atoms with Gasteiger partial charge in [0.1, 0.15) is 11.9 Å². The zero-order valence-corrected chi connectivity index (χ0v) is 15.8. The van der Waals surface area contributed by atoms with Crippen LogP contribution in [0.15, 0.2) is 29.1 Å². The first-order chi connectivity index (χ1) is 12.0. The molecular weight excluding hydrogens is 384 g/mol. The molecule has 0 saturated carbocycles. The molecule has 0 bridgehead atoms. The molecule has 1 aliphatic heterocycles. The summed E-state index contributed by atoms with van der Waals surface area (Å²) in [5, 5.41) is 13.4. The number of rotatable bonds is 3. The molecule has 0 aromatic carbocycles. The Balaban J connectivity index is 1.66. The van der Waals surface area contributed by atoms with Gasteiger partial charge in [-0.3, -0.25) is 9.48 Å². The van der Waals surface area contributed by atoms with E-state index < -0.39 is 0 Å². The van der Waals surface area contributed by atoms with E-state index in [1.54, 1.807) is 41.3 Å². The summed E-state index contributed by atoms with van der Waals surface area (Å²) in [5.74, 6) is 0.705. The minimum Gasteiger partial charge on any atom is -0.355 e. The van der Waals surface area contributed by atoms with Crippen LogP contribution >= 0.6 is 15.9 Å². The summed E-state index contributed by atoms with van der Waals surface area (Å²) in [4.78, 5) is 20.9. The molecule has 0 atom stereocenters. The van der Waals surface area contributed by atoms with E-state index in [2.05, 4.69) is 37.0 Å². The van der Waals surface area contributed by atoms with Crippen molar-refractivity contribution in [3.05, 3.63) is 40.3 Å². The van der Waals surface area contributed by atoms with Gasteiger partial charge in [-0.05, 0) is 34.8 Å². The summed E-state index contributed by atoms with van der Waals surface area (Å²) >= 11 is 3.35. The van der Waals surface area contributed by atoms with Gasteiger partial charge in [-0.2, -0.15) is 10.4 Å². The van der Waals surface area contributed by atoms with Crippen molar-refractivity contribution in [2.75, 3.05) is 25.0 Å². The van der Waals surface area contributed by atoms with Gasteiger partial charge in [0.2, 0.25) is 0 Å². The summed E-state index contributed by atoms with van der Waals surface area (Å²) in [5.41, 5.74) is 1.17. The maximum Gasteiger partial charge on any atom is 0.257 e. The Labute approximate surface area is 155 Å². The smallest absolute Gasteiger partial charge is 0.257 e. The number of halogens is 1. The highest BCUT2D eigenvalue weighted by atomic mass is 79.9. The third kappa shape index (κ3) is 3.66. The molecule has 0 unspecified atom stereocenters. The van der Waals surface area contributed by atoms with Crippen molar-refractivity contribution < 1.29 is 4.79 Å². The fourth-order valence-corrected chi connectivity index (χ4v) is 3.46. The fourth-order valence-electron chi connectivity index (χ4n) is 3.13. The van der Waals surface area contributed by atoms with Crippen LogP contribution in [0, 0.1) is 11.3 Å². The van der Waals surface area contributed by atoms with E-state index in [1.807, 2.05) is 7.05 Å². The molecule has 130 valence electrons. The van der Waals surface area contributed by atoms with Crippen molar-refractivity contribution >= 4 is 27.7 Å². The second-order valence-corrected chi connectivity index (χ2v) is 7.09. The Morgan fingerprint density at radius 3 is 2.72 bits per heavy atom. The highest BCUT2D eigenvalue weighted by Gasteiger charge is 2.28. The van der Waals surface area contributed by atoms with Crippen molar-refractivity contribution in [3.8, 4) is 6.07 Å². The molecule has 8 heteroatoms. The lowest BCUT2D eigenvalue weighted by Gasteiger charge is -2.37. The van der Waals surface area contributed by atoms with Crippen LogP contribution in [-0.2, 0) is 7.05 Å². The van der Waals surface area contributed by atoms with Crippen molar-refractivity contribution in [2.45, 2.75) is 18.9 Å². The summed E-state index contributed by atoms with van der Waals surface area (Å²) in [6, 6.07) is 4.16. The first-order valence-corrected chi connectivity index (χ1v) is 8.85. The number of carbonyl (C=O) groups excluding carboxylic acids is 1. The quantitative estimate of drug-likeness (QED) is 0.785. The van der Waals surface area contributed by atoms with Gasteiger partial charge in [-0.25, -0.2) is 4.98 Å². The van der Waals surface area contributed by atoms with Crippen LogP contribution in [0.3, 0.4) is 0 Å². The third-order valence-electron chi connectivity index (χ3n) is 4.54. The molecular formula is C17H19BrN6O. The van der Waals surface area contributed by atoms with Gasteiger partial charge in [-0.15, -0.1) is 0 Å². The Kier molecular flexibility index (Phi) is 5.04. The van der Waals surface area contributed by atoms with Crippen molar-refractivity contribution in [1.29, 1.82) is 5.26 Å². The lowest BCUT2D eigenvalue weighted by Crippen LogP contribution is -2.46. The van der Waals surface area contributed by atoms with Gasteiger partial charge >= 0.3 is 0 Å². The van der Waals surface area contributed by atoms with Crippen LogP contribution < -0.4 is 4.90 Å². The number of carbonyl (C=O) groups is 1. The largest absolute Gasteiger partial charge is 0.355 e. The first kappa shape index (κ1) is 17.4. The average Bonchev–Trinajstić information content (AvgIpc) is 3.07. The summed E-state index contributed by atoms with van der Waals surface area (Å²) in [6.07, 6.45) is 6.72. The van der Waals surface area contributed by atoms with E-state index in [4.69, 9.17) is 0 Å². The van der Waals surface area contributed by atoms with Crippen molar-refractivity contribution in [1.82, 2.24) is 19.7 Å². The number of amides is 1. The fraction of sp³-hybridized carbons (Fsp3) is 0.412. The maximum absolute atomic E-state index is 12.5. The minimum atomic E-state index is -0.00831. The number of hydrogen-bond acceptors (Lipinski definition) is 5. The highest BCUT2D eigenvalue weighted by Crippen LogP contribution is 2.25. The topological polar surface area (TPSA) is 78.1 Å². The number of anilines is 1. The van der Waals surface area contributed by atoms with Crippen molar-refractivity contribution in [2.24, 2.45) is 7.05 Å². The van der Waals surface area contributed by atoms with Gasteiger partial charge in [0, 0.05) is 50.1 Å². The normalized spacial score (nSPS) is 15.0. The van der Waals surface area contributed by atoms with E-state index in [1.165, 1.54) is 0 Å². The Hall–Kier alpha value is -2.40. The molecule has 0 spiro atoms. The molecule has 1 saturated heterocycles. The van der Waals surface area contributed by atoms with Crippen molar-refractivity contribution in [3.63, 3.8) is 0 Å². The van der Waals surface area contributed by atoms with E-state index in [-0.39, 0.29) is 11.9 Å². The second-order valence-electron chi connectivity index (χ2n) is 6.17. The zero-order chi connectivity index (χ0) is 18.0. The van der Waals surface area contributed by atoms with Gasteiger partial charge < -0.3 is 9.80 Å². The lowest BCUT2D eigenvalue weighted by molar-refractivity contribution is 0.0709. The molecule has 0 radical (unpaired) electrons. The van der Waals surface area contributed by atoms with Gasteiger partial charge in [0.05, 0.1) is 17.3 Å². The van der Waals surface area contributed by atoms with Crippen LogP contribution in [0.1, 0.15) is 28.8 Å². The van der Waals surface area contributed by atoms with Crippen LogP contribution in [0.25, 0.3) is 0 Å². The SMILES string of the molecule is CN(C(=O)c1cnn(C)c1)C1CCN(c2ncc(Br)cc2C#N)CC1. The number of nitriles is 1. The second kappa shape index (κ2) is 7.23. The molecule has 3 rings (SSSR count). The van der Waals surface area contributed by atoms with Crippen LogP contribution in [0.5, 0.6) is 0 Å². The highest BCUT2D eigenvalue weighted by molar-refractivity contribution is 9.10. The van der Waals surface area contributed by atoms with Gasteiger partial charge in [0.25, 0.3) is 5.91 Å². The van der Waals surface area contributed by atoms with E-state index >= 15 is 0 Å². The van der Waals surface area contributed by atoms with Gasteiger partial charge in [-0.1, -0.05) is 0 Å². The molecule has 25 heavy (non-hydrogen) atoms. The van der Waals surface area contributed by atoms with Crippen LogP contribution in [0.4, 0.5) is 5.82 Å². The van der Waals surface area contributed by atoms with E-state index in [9.17, 15) is 10.1 Å². The molecule has 0 aliphatic carbocycles. The minimum absolute atomic E-state index is 0.00831. The molecule has 1 amide bonds. The predicted molar refractivity (Wildman–Crippen MR) is 97.2 cm³/mol. The number of piperidine rings is 1. The van der Waals surface area contributed by atoms with Crippen LogP contribution in [-0.4, -0.2) is 51.8 Å². The van der Waals surface area contributed by atoms with E-state index in [0.29, 0.717) is 16.9 Å². The zero-order valence-electron chi connectivity index (χ0n) is 14.2. The van der Waals surface area contributed by atoms with Gasteiger partial charge in [0.15, 0.2) is 0 Å². The molecule has 0 N–H and O–H groups in total. The molecule has 1 aliphatic rings.